The summed E-state index contributed by atoms with van der Waals surface area (Å²) in [4.78, 5) is 11.1. The van der Waals surface area contributed by atoms with Gasteiger partial charge in [0, 0.05) is 8.95 Å². The van der Waals surface area contributed by atoms with Gasteiger partial charge < -0.3 is 5.32 Å². The van der Waals surface area contributed by atoms with E-state index in [0.717, 1.165) is 20.2 Å². The van der Waals surface area contributed by atoms with Crippen molar-refractivity contribution in [3.63, 3.8) is 0 Å². The summed E-state index contributed by atoms with van der Waals surface area (Å²) in [7, 11) is 0. The van der Waals surface area contributed by atoms with Crippen molar-refractivity contribution in [2.75, 3.05) is 10.6 Å². The summed E-state index contributed by atoms with van der Waals surface area (Å²) >= 11 is 9.88. The van der Waals surface area contributed by atoms with E-state index >= 15 is 0 Å². The summed E-state index contributed by atoms with van der Waals surface area (Å²) in [5.41, 5.74) is 1.87. The first kappa shape index (κ1) is 12.2. The van der Waals surface area contributed by atoms with Gasteiger partial charge in [0.2, 0.25) is 5.91 Å². The highest BCUT2D eigenvalue weighted by Gasteiger charge is 2.06. The molecule has 1 rings (SSSR count). The third-order valence-electron chi connectivity index (χ3n) is 1.64. The molecule has 0 atom stereocenters. The number of amides is 1. The average molecular weight is 386 g/mol. The smallest absolute Gasteiger partial charge is 0.235 e. The topological polar surface area (TPSA) is 29.1 Å². The van der Waals surface area contributed by atoms with Gasteiger partial charge in [-0.1, -0.05) is 31.9 Å². The molecule has 0 aliphatic heterocycles. The van der Waals surface area contributed by atoms with Crippen molar-refractivity contribution in [1.82, 2.24) is 0 Å². The maximum absolute atomic E-state index is 11.1. The van der Waals surface area contributed by atoms with Gasteiger partial charge in [-0.2, -0.15) is 0 Å². The SMILES string of the molecule is Cc1cc(NC(=O)CBr)c(Br)cc1Br. The Morgan fingerprint density at radius 1 is 1.36 bits per heavy atom. The third-order valence-corrected chi connectivity index (χ3v) is 3.66. The number of alkyl halides is 1. The number of anilines is 1. The van der Waals surface area contributed by atoms with Crippen LogP contribution in [0.15, 0.2) is 21.1 Å². The van der Waals surface area contributed by atoms with E-state index in [1.54, 1.807) is 0 Å². The van der Waals surface area contributed by atoms with Crippen LogP contribution >= 0.6 is 47.8 Å². The second-order valence-electron chi connectivity index (χ2n) is 2.76. The number of nitrogens with one attached hydrogen (secondary N) is 1. The third kappa shape index (κ3) is 3.07. The molecule has 1 N–H and O–H groups in total. The van der Waals surface area contributed by atoms with Crippen LogP contribution in [0.1, 0.15) is 5.56 Å². The second kappa shape index (κ2) is 5.28. The van der Waals surface area contributed by atoms with Crippen LogP contribution in [0.2, 0.25) is 0 Å². The lowest BCUT2D eigenvalue weighted by Crippen LogP contribution is -2.12. The molecule has 2 nitrogen and oxygen atoms in total. The largest absolute Gasteiger partial charge is 0.324 e. The molecule has 0 spiro atoms. The number of carbonyl (C=O) groups excluding carboxylic acids is 1. The molecule has 0 aromatic heterocycles. The van der Waals surface area contributed by atoms with Crippen molar-refractivity contribution < 1.29 is 4.79 Å². The maximum atomic E-state index is 11.1. The van der Waals surface area contributed by atoms with E-state index in [1.807, 2.05) is 19.1 Å². The zero-order chi connectivity index (χ0) is 10.7. The van der Waals surface area contributed by atoms with Gasteiger partial charge in [0.25, 0.3) is 0 Å². The lowest BCUT2D eigenvalue weighted by Gasteiger charge is -2.08. The highest BCUT2D eigenvalue weighted by atomic mass is 79.9. The van der Waals surface area contributed by atoms with Gasteiger partial charge in [-0.15, -0.1) is 0 Å². The standard InChI is InChI=1S/C9H8Br3NO/c1-5-2-8(13-9(14)4-10)7(12)3-6(5)11/h2-3H,4H2,1H3,(H,13,14). The van der Waals surface area contributed by atoms with Gasteiger partial charge in [-0.05, 0) is 40.5 Å². The Morgan fingerprint density at radius 3 is 2.57 bits per heavy atom. The minimum atomic E-state index is -0.0626. The molecule has 76 valence electrons. The zero-order valence-electron chi connectivity index (χ0n) is 7.40. The maximum Gasteiger partial charge on any atom is 0.235 e. The molecule has 14 heavy (non-hydrogen) atoms. The van der Waals surface area contributed by atoms with Crippen molar-refractivity contribution in [3.05, 3.63) is 26.6 Å². The fourth-order valence-electron chi connectivity index (χ4n) is 0.937. The Morgan fingerprint density at radius 2 is 2.00 bits per heavy atom. The summed E-state index contributed by atoms with van der Waals surface area (Å²) in [5, 5.41) is 3.07. The molecule has 1 amide bonds. The van der Waals surface area contributed by atoms with Crippen molar-refractivity contribution >= 4 is 59.4 Å². The molecule has 0 unspecified atom stereocenters. The Kier molecular flexibility index (Phi) is 4.60. The molecule has 1 aromatic carbocycles. The van der Waals surface area contributed by atoms with Crippen molar-refractivity contribution in [2.24, 2.45) is 0 Å². The molecule has 0 fully saturated rings. The van der Waals surface area contributed by atoms with Gasteiger partial charge in [0.05, 0.1) is 11.0 Å². The predicted octanol–water partition coefficient (Wildman–Crippen LogP) is 3.85. The van der Waals surface area contributed by atoms with Gasteiger partial charge in [-0.3, -0.25) is 4.79 Å². The Hall–Kier alpha value is 0.130. The van der Waals surface area contributed by atoms with Crippen LogP contribution in [0.3, 0.4) is 0 Å². The van der Waals surface area contributed by atoms with Crippen molar-refractivity contribution in [1.29, 1.82) is 0 Å². The average Bonchev–Trinajstić information content (AvgIpc) is 2.14. The monoisotopic (exact) mass is 383 g/mol. The lowest BCUT2D eigenvalue weighted by molar-refractivity contribution is -0.113. The van der Waals surface area contributed by atoms with Gasteiger partial charge in [-0.25, -0.2) is 0 Å². The number of rotatable bonds is 2. The van der Waals surface area contributed by atoms with E-state index in [2.05, 4.69) is 53.1 Å². The van der Waals surface area contributed by atoms with Crippen LogP contribution in [0, 0.1) is 6.92 Å². The fourth-order valence-corrected chi connectivity index (χ4v) is 2.17. The highest BCUT2D eigenvalue weighted by molar-refractivity contribution is 9.11. The van der Waals surface area contributed by atoms with Gasteiger partial charge in [0.15, 0.2) is 0 Å². The van der Waals surface area contributed by atoms with E-state index in [-0.39, 0.29) is 5.91 Å². The molecule has 0 heterocycles. The molecule has 0 aliphatic rings. The molecule has 5 heteroatoms. The van der Waals surface area contributed by atoms with E-state index < -0.39 is 0 Å². The van der Waals surface area contributed by atoms with Crippen LogP contribution in [0.4, 0.5) is 5.69 Å². The first-order valence-corrected chi connectivity index (χ1v) is 6.57. The first-order chi connectivity index (χ1) is 6.54. The predicted molar refractivity (Wildman–Crippen MR) is 69.0 cm³/mol. The number of benzene rings is 1. The number of carbonyl (C=O) groups is 1. The Balaban J connectivity index is 2.98. The van der Waals surface area contributed by atoms with E-state index in [4.69, 9.17) is 0 Å². The fraction of sp³-hybridized carbons (Fsp3) is 0.222. The number of hydrogen-bond acceptors (Lipinski definition) is 1. The zero-order valence-corrected chi connectivity index (χ0v) is 12.2. The van der Waals surface area contributed by atoms with Gasteiger partial charge in [0.1, 0.15) is 0 Å². The summed E-state index contributed by atoms with van der Waals surface area (Å²) in [6.07, 6.45) is 0. The van der Waals surface area contributed by atoms with Crippen molar-refractivity contribution in [3.8, 4) is 0 Å². The van der Waals surface area contributed by atoms with Crippen LogP contribution in [0.25, 0.3) is 0 Å². The molecule has 0 radical (unpaired) electrons. The van der Waals surface area contributed by atoms with Crippen LogP contribution < -0.4 is 5.32 Å². The summed E-state index contributed by atoms with van der Waals surface area (Å²) < 4.78 is 1.88. The molecule has 0 saturated heterocycles. The Bertz CT molecular complexity index is 365. The highest BCUT2D eigenvalue weighted by Crippen LogP contribution is 2.29. The normalized spacial score (nSPS) is 10.0. The number of hydrogen-bond donors (Lipinski definition) is 1. The molecular formula is C9H8Br3NO. The number of halogens is 3. The molecule has 1 aromatic rings. The molecule has 0 bridgehead atoms. The van der Waals surface area contributed by atoms with Crippen LogP contribution in [-0.4, -0.2) is 11.2 Å². The van der Waals surface area contributed by atoms with Crippen molar-refractivity contribution in [2.45, 2.75) is 6.92 Å². The first-order valence-electron chi connectivity index (χ1n) is 3.86. The number of aryl methyl sites for hydroxylation is 1. The van der Waals surface area contributed by atoms with E-state index in [9.17, 15) is 4.79 Å². The lowest BCUT2D eigenvalue weighted by atomic mass is 10.2. The van der Waals surface area contributed by atoms with Crippen LogP contribution in [0.5, 0.6) is 0 Å². The van der Waals surface area contributed by atoms with E-state index in [1.165, 1.54) is 0 Å². The van der Waals surface area contributed by atoms with Crippen LogP contribution in [-0.2, 0) is 4.79 Å². The van der Waals surface area contributed by atoms with Gasteiger partial charge >= 0.3 is 0 Å². The molecular weight excluding hydrogens is 378 g/mol. The molecule has 0 aliphatic carbocycles. The van der Waals surface area contributed by atoms with E-state index in [0.29, 0.717) is 5.33 Å². The summed E-state index contributed by atoms with van der Waals surface area (Å²) in [6, 6.07) is 3.83. The summed E-state index contributed by atoms with van der Waals surface area (Å²) in [6.45, 7) is 1.97. The quantitative estimate of drug-likeness (QED) is 0.770. The Labute approximate surface area is 108 Å². The minimum Gasteiger partial charge on any atom is -0.324 e. The second-order valence-corrected chi connectivity index (χ2v) is 5.03. The minimum absolute atomic E-state index is 0.0626. The molecule has 0 saturated carbocycles. The summed E-state index contributed by atoms with van der Waals surface area (Å²) in [5.74, 6) is -0.0626.